The molecule has 1 atom stereocenters. The van der Waals surface area contributed by atoms with Crippen LogP contribution in [0.1, 0.15) is 70.9 Å². The van der Waals surface area contributed by atoms with Crippen molar-refractivity contribution in [3.63, 3.8) is 0 Å². The molecule has 1 nitrogen and oxygen atoms in total. The highest BCUT2D eigenvalue weighted by Crippen LogP contribution is 2.17. The molecule has 0 N–H and O–H groups in total. The lowest BCUT2D eigenvalue weighted by Crippen LogP contribution is -2.10. The zero-order valence-electron chi connectivity index (χ0n) is 14.4. The summed E-state index contributed by atoms with van der Waals surface area (Å²) in [7, 11) is 0. The molecule has 0 aromatic heterocycles. The van der Waals surface area contributed by atoms with Gasteiger partial charge in [-0.2, -0.15) is 0 Å². The molecule has 0 saturated carbocycles. The maximum absolute atomic E-state index is 5.65. The van der Waals surface area contributed by atoms with Crippen molar-refractivity contribution in [2.45, 2.75) is 65.9 Å². The van der Waals surface area contributed by atoms with E-state index in [4.69, 9.17) is 4.74 Å². The van der Waals surface area contributed by atoms with Gasteiger partial charge in [0, 0.05) is 6.61 Å². The van der Waals surface area contributed by atoms with E-state index in [-0.39, 0.29) is 0 Å². The SMILES string of the molecule is CC(C)OC[C@@H](C)CCC/C=C/c1cccc(C(C)C)c1. The minimum atomic E-state index is 0.348. The lowest BCUT2D eigenvalue weighted by molar-refractivity contribution is 0.0530. The van der Waals surface area contributed by atoms with Gasteiger partial charge >= 0.3 is 0 Å². The average Bonchev–Trinajstić information content (AvgIpc) is 2.45. The van der Waals surface area contributed by atoms with Gasteiger partial charge in [0.15, 0.2) is 0 Å². The van der Waals surface area contributed by atoms with Gasteiger partial charge in [0.05, 0.1) is 6.10 Å². The molecule has 0 saturated heterocycles. The number of rotatable bonds is 9. The number of allylic oxidation sites excluding steroid dienone is 1. The van der Waals surface area contributed by atoms with Crippen LogP contribution in [0.3, 0.4) is 0 Å². The Labute approximate surface area is 131 Å². The van der Waals surface area contributed by atoms with Crippen molar-refractivity contribution in [2.24, 2.45) is 5.92 Å². The van der Waals surface area contributed by atoms with Crippen molar-refractivity contribution in [1.29, 1.82) is 0 Å². The van der Waals surface area contributed by atoms with Crippen LogP contribution < -0.4 is 0 Å². The van der Waals surface area contributed by atoms with Crippen molar-refractivity contribution >= 4 is 6.08 Å². The summed E-state index contributed by atoms with van der Waals surface area (Å²) in [5.41, 5.74) is 2.73. The highest BCUT2D eigenvalue weighted by atomic mass is 16.5. The molecule has 0 radical (unpaired) electrons. The fourth-order valence-corrected chi connectivity index (χ4v) is 2.27. The minimum Gasteiger partial charge on any atom is -0.379 e. The van der Waals surface area contributed by atoms with Crippen molar-refractivity contribution in [1.82, 2.24) is 0 Å². The molecule has 0 fully saturated rings. The number of benzene rings is 1. The topological polar surface area (TPSA) is 9.23 Å². The van der Waals surface area contributed by atoms with Crippen LogP contribution >= 0.6 is 0 Å². The van der Waals surface area contributed by atoms with Gasteiger partial charge in [0.25, 0.3) is 0 Å². The molecule has 1 aromatic rings. The Balaban J connectivity index is 2.27. The molecule has 118 valence electrons. The molecule has 1 rings (SSSR count). The average molecular weight is 288 g/mol. The number of ether oxygens (including phenoxy) is 1. The lowest BCUT2D eigenvalue weighted by atomic mass is 10.0. The third-order valence-electron chi connectivity index (χ3n) is 3.67. The Hall–Kier alpha value is -1.08. The zero-order chi connectivity index (χ0) is 15.7. The Kier molecular flexibility index (Phi) is 8.37. The van der Waals surface area contributed by atoms with Crippen LogP contribution in [0.2, 0.25) is 0 Å². The van der Waals surface area contributed by atoms with Crippen molar-refractivity contribution in [3.8, 4) is 0 Å². The van der Waals surface area contributed by atoms with Crippen molar-refractivity contribution in [2.75, 3.05) is 6.61 Å². The fourth-order valence-electron chi connectivity index (χ4n) is 2.27. The molecule has 0 spiro atoms. The van der Waals surface area contributed by atoms with Gasteiger partial charge in [-0.25, -0.2) is 0 Å². The van der Waals surface area contributed by atoms with Crippen molar-refractivity contribution < 1.29 is 4.74 Å². The van der Waals surface area contributed by atoms with Crippen LogP contribution in [0.4, 0.5) is 0 Å². The first-order valence-corrected chi connectivity index (χ1v) is 8.37. The molecule has 0 aliphatic carbocycles. The molecular formula is C20H32O. The molecule has 0 heterocycles. The van der Waals surface area contributed by atoms with E-state index >= 15 is 0 Å². The maximum atomic E-state index is 5.65. The molecule has 0 amide bonds. The van der Waals surface area contributed by atoms with Crippen LogP contribution in [0.5, 0.6) is 0 Å². The predicted molar refractivity (Wildman–Crippen MR) is 93.7 cm³/mol. The van der Waals surface area contributed by atoms with Crippen LogP contribution in [0.15, 0.2) is 30.3 Å². The highest BCUT2D eigenvalue weighted by Gasteiger charge is 2.03. The van der Waals surface area contributed by atoms with E-state index < -0.39 is 0 Å². The van der Waals surface area contributed by atoms with E-state index in [0.29, 0.717) is 17.9 Å². The van der Waals surface area contributed by atoms with Crippen molar-refractivity contribution in [3.05, 3.63) is 41.5 Å². The van der Waals surface area contributed by atoms with Gasteiger partial charge in [-0.3, -0.25) is 0 Å². The quantitative estimate of drug-likeness (QED) is 0.502. The van der Waals surface area contributed by atoms with Crippen LogP contribution in [-0.4, -0.2) is 12.7 Å². The van der Waals surface area contributed by atoms with Crippen LogP contribution in [0, 0.1) is 5.92 Å². The fraction of sp³-hybridized carbons (Fsp3) is 0.600. The molecular weight excluding hydrogens is 256 g/mol. The summed E-state index contributed by atoms with van der Waals surface area (Å²) in [5.74, 6) is 1.25. The zero-order valence-corrected chi connectivity index (χ0v) is 14.4. The Morgan fingerprint density at radius 2 is 1.86 bits per heavy atom. The summed E-state index contributed by atoms with van der Waals surface area (Å²) in [5, 5.41) is 0. The van der Waals surface area contributed by atoms with Gasteiger partial charge in [-0.1, -0.05) is 57.2 Å². The minimum absolute atomic E-state index is 0.348. The van der Waals surface area contributed by atoms with Gasteiger partial charge in [0.2, 0.25) is 0 Å². The molecule has 0 bridgehead atoms. The van der Waals surface area contributed by atoms with Gasteiger partial charge in [-0.05, 0) is 56.1 Å². The lowest BCUT2D eigenvalue weighted by Gasteiger charge is -2.13. The monoisotopic (exact) mass is 288 g/mol. The third-order valence-corrected chi connectivity index (χ3v) is 3.67. The predicted octanol–water partition coefficient (Wildman–Crippen LogP) is 6.05. The maximum Gasteiger partial charge on any atom is 0.0519 e. The second-order valence-corrected chi connectivity index (χ2v) is 6.65. The van der Waals surface area contributed by atoms with E-state index in [1.807, 2.05) is 0 Å². The Morgan fingerprint density at radius 1 is 1.10 bits per heavy atom. The summed E-state index contributed by atoms with van der Waals surface area (Å²) in [6, 6.07) is 8.83. The van der Waals surface area contributed by atoms with Gasteiger partial charge in [-0.15, -0.1) is 0 Å². The largest absolute Gasteiger partial charge is 0.379 e. The molecule has 0 aliphatic heterocycles. The first-order valence-electron chi connectivity index (χ1n) is 8.37. The summed E-state index contributed by atoms with van der Waals surface area (Å²) in [4.78, 5) is 0. The van der Waals surface area contributed by atoms with Crippen LogP contribution in [-0.2, 0) is 4.74 Å². The highest BCUT2D eigenvalue weighted by molar-refractivity contribution is 5.50. The van der Waals surface area contributed by atoms with Gasteiger partial charge < -0.3 is 4.74 Å². The molecule has 21 heavy (non-hydrogen) atoms. The summed E-state index contributed by atoms with van der Waals surface area (Å²) < 4.78 is 5.65. The Bertz CT molecular complexity index is 418. The summed E-state index contributed by atoms with van der Waals surface area (Å²) >= 11 is 0. The first kappa shape index (κ1) is 18.0. The standard InChI is InChI=1S/C20H32O/c1-16(2)20-13-9-12-19(14-20)11-8-6-7-10-18(5)15-21-17(3)4/h8-9,11-14,16-18H,6-7,10,15H2,1-5H3/b11-8+/t18-/m0/s1. The first-order chi connectivity index (χ1) is 9.99. The van der Waals surface area contributed by atoms with Gasteiger partial charge in [0.1, 0.15) is 0 Å². The van der Waals surface area contributed by atoms with E-state index in [1.165, 1.54) is 24.0 Å². The normalized spacial score (nSPS) is 13.5. The molecule has 0 unspecified atom stereocenters. The summed E-state index contributed by atoms with van der Waals surface area (Å²) in [6.07, 6.45) is 8.53. The number of hydrogen-bond donors (Lipinski definition) is 0. The third kappa shape index (κ3) is 8.06. The second kappa shape index (κ2) is 9.78. The number of unbranched alkanes of at least 4 members (excludes halogenated alkanes) is 1. The number of hydrogen-bond acceptors (Lipinski definition) is 1. The molecule has 1 heteroatoms. The molecule has 0 aliphatic rings. The second-order valence-electron chi connectivity index (χ2n) is 6.65. The Morgan fingerprint density at radius 3 is 2.52 bits per heavy atom. The smallest absolute Gasteiger partial charge is 0.0519 e. The van der Waals surface area contributed by atoms with E-state index in [1.54, 1.807) is 0 Å². The molecule has 1 aromatic carbocycles. The van der Waals surface area contributed by atoms with E-state index in [2.05, 4.69) is 71.0 Å². The summed E-state index contributed by atoms with van der Waals surface area (Å²) in [6.45, 7) is 11.8. The van der Waals surface area contributed by atoms with Crippen LogP contribution in [0.25, 0.3) is 6.08 Å². The van der Waals surface area contributed by atoms with E-state index in [0.717, 1.165) is 13.0 Å². The van der Waals surface area contributed by atoms with E-state index in [9.17, 15) is 0 Å².